The van der Waals surface area contributed by atoms with E-state index in [1.165, 1.54) is 27.8 Å². The van der Waals surface area contributed by atoms with E-state index >= 15 is 0 Å². The molecule has 0 unspecified atom stereocenters. The van der Waals surface area contributed by atoms with Gasteiger partial charge in [0, 0.05) is 25.0 Å². The molecule has 0 bridgehead atoms. The lowest BCUT2D eigenvalue weighted by molar-refractivity contribution is -0.138. The number of nitrogens with zero attached hydrogens (tertiary/aromatic N) is 1. The molecule has 0 fully saturated rings. The third-order valence-corrected chi connectivity index (χ3v) is 7.14. The number of carbonyl (C=O) groups is 1. The maximum absolute atomic E-state index is 11.2. The molecular weight excluding hydrogens is 458 g/mol. The predicted octanol–water partition coefficient (Wildman–Crippen LogP) is 7.20. The number of aliphatic carboxylic acids is 1. The van der Waals surface area contributed by atoms with Crippen LogP contribution in [0.25, 0.3) is 11.1 Å². The Balaban J connectivity index is 1.22. The standard InChI is InChI=1S/C33H33NO3/c1-33(2,19-32(35)36)30-13-15-31(16-14-30)37-23-25-9-6-10-26(17-25)27-11-12-28-21-34(22-29(28)18-27)20-24-7-4-3-5-8-24/h3-18H,19-23H2,1-2H3,(H,35,36). The Kier molecular flexibility index (Phi) is 7.11. The number of hydrogen-bond donors (Lipinski definition) is 1. The van der Waals surface area contributed by atoms with Gasteiger partial charge in [-0.25, -0.2) is 0 Å². The Bertz CT molecular complexity index is 1380. The van der Waals surface area contributed by atoms with Crippen LogP contribution in [-0.2, 0) is 36.5 Å². The van der Waals surface area contributed by atoms with Crippen molar-refractivity contribution >= 4 is 5.97 Å². The molecule has 5 rings (SSSR count). The average molecular weight is 492 g/mol. The van der Waals surface area contributed by atoms with Gasteiger partial charge < -0.3 is 9.84 Å². The molecule has 0 radical (unpaired) electrons. The van der Waals surface area contributed by atoms with E-state index in [2.05, 4.69) is 77.7 Å². The van der Waals surface area contributed by atoms with Gasteiger partial charge in [-0.3, -0.25) is 9.69 Å². The van der Waals surface area contributed by atoms with Gasteiger partial charge in [0.05, 0.1) is 6.42 Å². The summed E-state index contributed by atoms with van der Waals surface area (Å²) in [5.41, 5.74) is 8.26. The first kappa shape index (κ1) is 24.8. The fourth-order valence-electron chi connectivity index (χ4n) is 5.09. The lowest BCUT2D eigenvalue weighted by Gasteiger charge is -2.23. The fourth-order valence-corrected chi connectivity index (χ4v) is 5.09. The monoisotopic (exact) mass is 491 g/mol. The lowest BCUT2D eigenvalue weighted by Crippen LogP contribution is -2.21. The summed E-state index contributed by atoms with van der Waals surface area (Å²) in [6.07, 6.45) is 0.0910. The highest BCUT2D eigenvalue weighted by molar-refractivity contribution is 5.69. The number of rotatable bonds is 9. The van der Waals surface area contributed by atoms with Gasteiger partial charge in [-0.05, 0) is 63.2 Å². The average Bonchev–Trinajstić information content (AvgIpc) is 3.29. The summed E-state index contributed by atoms with van der Waals surface area (Å²) in [4.78, 5) is 13.6. The molecule has 0 aromatic heterocycles. The van der Waals surface area contributed by atoms with Crippen LogP contribution in [0.2, 0.25) is 0 Å². The van der Waals surface area contributed by atoms with E-state index in [0.29, 0.717) is 6.61 Å². The molecule has 0 amide bonds. The SMILES string of the molecule is CC(C)(CC(=O)O)c1ccc(OCc2cccc(-c3ccc4c(c3)CN(Cc3ccccc3)C4)c2)cc1. The summed E-state index contributed by atoms with van der Waals surface area (Å²) in [6, 6.07) is 33.8. The van der Waals surface area contributed by atoms with Crippen LogP contribution in [0.4, 0.5) is 0 Å². The highest BCUT2D eigenvalue weighted by Gasteiger charge is 2.24. The third kappa shape index (κ3) is 6.10. The van der Waals surface area contributed by atoms with E-state index in [4.69, 9.17) is 9.84 Å². The van der Waals surface area contributed by atoms with Gasteiger partial charge in [-0.1, -0.05) is 86.6 Å². The summed E-state index contributed by atoms with van der Waals surface area (Å²) < 4.78 is 6.05. The summed E-state index contributed by atoms with van der Waals surface area (Å²) in [7, 11) is 0. The number of benzene rings is 4. The molecular formula is C33H33NO3. The predicted molar refractivity (Wildman–Crippen MR) is 147 cm³/mol. The van der Waals surface area contributed by atoms with Gasteiger partial charge in [0.1, 0.15) is 12.4 Å². The minimum Gasteiger partial charge on any atom is -0.489 e. The Morgan fingerprint density at radius 2 is 1.51 bits per heavy atom. The molecule has 1 aliphatic heterocycles. The van der Waals surface area contributed by atoms with Crippen molar-refractivity contribution in [2.45, 2.75) is 51.9 Å². The van der Waals surface area contributed by atoms with Crippen molar-refractivity contribution in [3.05, 3.63) is 125 Å². The number of fused-ring (bicyclic) bond motifs is 1. The van der Waals surface area contributed by atoms with Crippen molar-refractivity contribution in [3.63, 3.8) is 0 Å². The zero-order valence-electron chi connectivity index (χ0n) is 21.5. The second-order valence-corrected chi connectivity index (χ2v) is 10.6. The van der Waals surface area contributed by atoms with Crippen LogP contribution in [0.5, 0.6) is 5.75 Å². The van der Waals surface area contributed by atoms with Crippen LogP contribution in [0.1, 0.15) is 48.1 Å². The second-order valence-electron chi connectivity index (χ2n) is 10.6. The molecule has 0 spiro atoms. The molecule has 0 aliphatic carbocycles. The smallest absolute Gasteiger partial charge is 0.304 e. The Hall–Kier alpha value is -3.89. The molecule has 1 aliphatic rings. The largest absolute Gasteiger partial charge is 0.489 e. The first-order valence-corrected chi connectivity index (χ1v) is 12.8. The highest BCUT2D eigenvalue weighted by Crippen LogP contribution is 2.31. The molecule has 37 heavy (non-hydrogen) atoms. The van der Waals surface area contributed by atoms with Crippen LogP contribution >= 0.6 is 0 Å². The summed E-state index contributed by atoms with van der Waals surface area (Å²) in [6.45, 7) is 7.30. The number of ether oxygens (including phenoxy) is 1. The fraction of sp³-hybridized carbons (Fsp3) is 0.242. The highest BCUT2D eigenvalue weighted by atomic mass is 16.5. The van der Waals surface area contributed by atoms with Crippen molar-refractivity contribution in [1.29, 1.82) is 0 Å². The van der Waals surface area contributed by atoms with Gasteiger partial charge in [0.15, 0.2) is 0 Å². The van der Waals surface area contributed by atoms with Gasteiger partial charge in [-0.2, -0.15) is 0 Å². The third-order valence-electron chi connectivity index (χ3n) is 7.14. The molecule has 4 aromatic carbocycles. The molecule has 4 aromatic rings. The normalized spacial score (nSPS) is 13.4. The van der Waals surface area contributed by atoms with Crippen molar-refractivity contribution in [2.24, 2.45) is 0 Å². The topological polar surface area (TPSA) is 49.8 Å². The van der Waals surface area contributed by atoms with E-state index in [9.17, 15) is 4.79 Å². The summed E-state index contributed by atoms with van der Waals surface area (Å²) in [5, 5.41) is 9.17. The van der Waals surface area contributed by atoms with Crippen LogP contribution in [0.15, 0.2) is 97.1 Å². The summed E-state index contributed by atoms with van der Waals surface area (Å²) in [5.74, 6) is -0.0191. The van der Waals surface area contributed by atoms with Gasteiger partial charge in [0.2, 0.25) is 0 Å². The van der Waals surface area contributed by atoms with Crippen molar-refractivity contribution in [1.82, 2.24) is 4.90 Å². The Labute approximate surface area is 219 Å². The molecule has 1 N–H and O–H groups in total. The summed E-state index contributed by atoms with van der Waals surface area (Å²) >= 11 is 0. The molecule has 4 heteroatoms. The minimum absolute atomic E-state index is 0.0910. The lowest BCUT2D eigenvalue weighted by atomic mass is 9.82. The molecule has 4 nitrogen and oxygen atoms in total. The van der Waals surface area contributed by atoms with E-state index < -0.39 is 11.4 Å². The number of carboxylic acid groups (broad SMARTS) is 1. The van der Waals surface area contributed by atoms with E-state index in [1.807, 2.05) is 38.1 Å². The molecule has 1 heterocycles. The van der Waals surface area contributed by atoms with Crippen molar-refractivity contribution < 1.29 is 14.6 Å². The zero-order valence-corrected chi connectivity index (χ0v) is 21.5. The first-order valence-electron chi connectivity index (χ1n) is 12.8. The quantitative estimate of drug-likeness (QED) is 0.269. The van der Waals surface area contributed by atoms with Crippen LogP contribution in [0, 0.1) is 0 Å². The van der Waals surface area contributed by atoms with E-state index in [0.717, 1.165) is 36.5 Å². The minimum atomic E-state index is -0.793. The zero-order chi connectivity index (χ0) is 25.8. The maximum Gasteiger partial charge on any atom is 0.304 e. The molecule has 0 saturated carbocycles. The first-order chi connectivity index (χ1) is 17.9. The van der Waals surface area contributed by atoms with Crippen molar-refractivity contribution in [2.75, 3.05) is 0 Å². The molecule has 0 atom stereocenters. The van der Waals surface area contributed by atoms with Crippen LogP contribution in [0.3, 0.4) is 0 Å². The Morgan fingerprint density at radius 1 is 0.811 bits per heavy atom. The van der Waals surface area contributed by atoms with Gasteiger partial charge >= 0.3 is 5.97 Å². The van der Waals surface area contributed by atoms with Crippen LogP contribution in [-0.4, -0.2) is 16.0 Å². The van der Waals surface area contributed by atoms with Crippen molar-refractivity contribution in [3.8, 4) is 16.9 Å². The maximum atomic E-state index is 11.2. The Morgan fingerprint density at radius 3 is 2.27 bits per heavy atom. The second kappa shape index (κ2) is 10.6. The van der Waals surface area contributed by atoms with Gasteiger partial charge in [-0.15, -0.1) is 0 Å². The van der Waals surface area contributed by atoms with E-state index in [-0.39, 0.29) is 6.42 Å². The number of carboxylic acids is 1. The molecule has 188 valence electrons. The number of hydrogen-bond acceptors (Lipinski definition) is 3. The van der Waals surface area contributed by atoms with E-state index in [1.54, 1.807) is 0 Å². The van der Waals surface area contributed by atoms with Gasteiger partial charge in [0.25, 0.3) is 0 Å². The molecule has 0 saturated heterocycles. The van der Waals surface area contributed by atoms with Crippen LogP contribution < -0.4 is 4.74 Å².